The standard InChI is InChI=1S/C22H29NO3/c1-6-15-12-19-17(13-20(15)25-5)18(16-10-8-7-9-11-16)14-23(19)21(24)26-22(2,3)4/h6,12-14,16H,1,7-11H2,2-5H3. The quantitative estimate of drug-likeness (QED) is 0.665. The Labute approximate surface area is 155 Å². The normalized spacial score (nSPS) is 15.8. The van der Waals surface area contributed by atoms with E-state index in [1.807, 2.05) is 39.1 Å². The molecule has 140 valence electrons. The predicted molar refractivity (Wildman–Crippen MR) is 106 cm³/mol. The van der Waals surface area contributed by atoms with Crippen LogP contribution in [0.25, 0.3) is 17.0 Å². The molecule has 0 saturated heterocycles. The van der Waals surface area contributed by atoms with E-state index in [4.69, 9.17) is 9.47 Å². The summed E-state index contributed by atoms with van der Waals surface area (Å²) in [6, 6.07) is 4.01. The van der Waals surface area contributed by atoms with Gasteiger partial charge in [0, 0.05) is 17.1 Å². The van der Waals surface area contributed by atoms with Gasteiger partial charge in [-0.1, -0.05) is 31.9 Å². The summed E-state index contributed by atoms with van der Waals surface area (Å²) in [7, 11) is 1.67. The van der Waals surface area contributed by atoms with Crippen molar-refractivity contribution in [3.63, 3.8) is 0 Å². The van der Waals surface area contributed by atoms with Crippen molar-refractivity contribution in [1.29, 1.82) is 0 Å². The maximum absolute atomic E-state index is 12.8. The summed E-state index contributed by atoms with van der Waals surface area (Å²) in [5.41, 5.74) is 2.42. The number of nitrogens with zero attached hydrogens (tertiary/aromatic N) is 1. The van der Waals surface area contributed by atoms with Gasteiger partial charge in [-0.25, -0.2) is 4.79 Å². The molecule has 0 N–H and O–H groups in total. The molecule has 0 aliphatic heterocycles. The molecule has 1 aromatic heterocycles. The van der Waals surface area contributed by atoms with Gasteiger partial charge < -0.3 is 9.47 Å². The minimum absolute atomic E-state index is 0.343. The zero-order chi connectivity index (χ0) is 18.9. The molecule has 0 unspecified atom stereocenters. The van der Waals surface area contributed by atoms with Crippen molar-refractivity contribution in [2.75, 3.05) is 7.11 Å². The Kier molecular flexibility index (Phi) is 5.12. The van der Waals surface area contributed by atoms with Crippen LogP contribution in [0.15, 0.2) is 24.9 Å². The highest BCUT2D eigenvalue weighted by molar-refractivity contribution is 5.95. The van der Waals surface area contributed by atoms with Gasteiger partial charge in [-0.05, 0) is 57.2 Å². The Morgan fingerprint density at radius 1 is 1.23 bits per heavy atom. The molecule has 4 heteroatoms. The SMILES string of the molecule is C=Cc1cc2c(cc1OC)c(C1CCCCC1)cn2C(=O)OC(C)(C)C. The molecule has 1 fully saturated rings. The van der Waals surface area contributed by atoms with E-state index in [1.54, 1.807) is 17.8 Å². The molecule has 1 saturated carbocycles. The lowest BCUT2D eigenvalue weighted by atomic mass is 9.84. The number of benzene rings is 1. The van der Waals surface area contributed by atoms with Crippen molar-refractivity contribution in [2.24, 2.45) is 0 Å². The van der Waals surface area contributed by atoms with Gasteiger partial charge in [0.15, 0.2) is 0 Å². The summed E-state index contributed by atoms with van der Waals surface area (Å²) in [5.74, 6) is 1.26. The molecule has 2 aromatic rings. The first-order valence-corrected chi connectivity index (χ1v) is 9.43. The molecule has 26 heavy (non-hydrogen) atoms. The second-order valence-electron chi connectivity index (χ2n) is 8.09. The number of rotatable bonds is 3. The molecule has 0 spiro atoms. The van der Waals surface area contributed by atoms with Crippen LogP contribution in [0.3, 0.4) is 0 Å². The molecule has 0 amide bonds. The van der Waals surface area contributed by atoms with Gasteiger partial charge in [-0.2, -0.15) is 0 Å². The Bertz CT molecular complexity index is 820. The number of methoxy groups -OCH3 is 1. The Hall–Kier alpha value is -2.23. The minimum atomic E-state index is -0.535. The van der Waals surface area contributed by atoms with Crippen LogP contribution in [-0.4, -0.2) is 23.4 Å². The summed E-state index contributed by atoms with van der Waals surface area (Å²) in [6.45, 7) is 9.53. The number of aromatic nitrogens is 1. The second kappa shape index (κ2) is 7.18. The van der Waals surface area contributed by atoms with Crippen molar-refractivity contribution < 1.29 is 14.3 Å². The van der Waals surface area contributed by atoms with Gasteiger partial charge in [0.2, 0.25) is 0 Å². The summed E-state index contributed by atoms with van der Waals surface area (Å²) in [4.78, 5) is 12.8. The van der Waals surface area contributed by atoms with E-state index in [1.165, 1.54) is 37.7 Å². The third-order valence-electron chi connectivity index (χ3n) is 5.04. The van der Waals surface area contributed by atoms with Gasteiger partial charge in [-0.15, -0.1) is 0 Å². The van der Waals surface area contributed by atoms with Crippen molar-refractivity contribution in [3.8, 4) is 5.75 Å². The van der Waals surface area contributed by atoms with E-state index in [-0.39, 0.29) is 6.09 Å². The van der Waals surface area contributed by atoms with Gasteiger partial charge in [0.25, 0.3) is 0 Å². The fourth-order valence-electron chi connectivity index (χ4n) is 3.83. The highest BCUT2D eigenvalue weighted by atomic mass is 16.6. The van der Waals surface area contributed by atoms with Crippen LogP contribution in [0.4, 0.5) is 4.79 Å². The lowest BCUT2D eigenvalue weighted by Crippen LogP contribution is -2.26. The number of carbonyl (C=O) groups is 1. The molecule has 1 aliphatic rings. The summed E-state index contributed by atoms with van der Waals surface area (Å²) < 4.78 is 12.8. The van der Waals surface area contributed by atoms with Crippen LogP contribution in [0.5, 0.6) is 5.75 Å². The monoisotopic (exact) mass is 355 g/mol. The average molecular weight is 355 g/mol. The van der Waals surface area contributed by atoms with E-state index in [0.29, 0.717) is 5.92 Å². The van der Waals surface area contributed by atoms with Crippen LogP contribution < -0.4 is 4.74 Å². The molecular weight excluding hydrogens is 326 g/mol. The number of hydrogen-bond acceptors (Lipinski definition) is 3. The molecular formula is C22H29NO3. The predicted octanol–water partition coefficient (Wildman–Crippen LogP) is 6.12. The number of fused-ring (bicyclic) bond motifs is 1. The van der Waals surface area contributed by atoms with Crippen LogP contribution in [0.1, 0.15) is 69.9 Å². The van der Waals surface area contributed by atoms with E-state index in [9.17, 15) is 4.79 Å². The van der Waals surface area contributed by atoms with E-state index >= 15 is 0 Å². The zero-order valence-corrected chi connectivity index (χ0v) is 16.3. The maximum Gasteiger partial charge on any atom is 0.419 e. The molecule has 3 rings (SSSR count). The molecule has 1 aromatic carbocycles. The van der Waals surface area contributed by atoms with Crippen molar-refractivity contribution in [2.45, 2.75) is 64.4 Å². The lowest BCUT2D eigenvalue weighted by Gasteiger charge is -2.21. The average Bonchev–Trinajstić information content (AvgIpc) is 2.98. The molecule has 0 bridgehead atoms. The Balaban J connectivity index is 2.16. The fraction of sp³-hybridized carbons (Fsp3) is 0.500. The van der Waals surface area contributed by atoms with Crippen molar-refractivity contribution in [3.05, 3.63) is 36.0 Å². The van der Waals surface area contributed by atoms with Crippen LogP contribution in [0, 0.1) is 0 Å². The molecule has 0 radical (unpaired) electrons. The molecule has 4 nitrogen and oxygen atoms in total. The first kappa shape index (κ1) is 18.6. The first-order chi connectivity index (χ1) is 12.3. The molecule has 1 heterocycles. The Morgan fingerprint density at radius 3 is 2.50 bits per heavy atom. The highest BCUT2D eigenvalue weighted by Crippen LogP contribution is 2.39. The zero-order valence-electron chi connectivity index (χ0n) is 16.3. The van der Waals surface area contributed by atoms with Gasteiger partial charge in [0.05, 0.1) is 12.6 Å². The topological polar surface area (TPSA) is 40.5 Å². The van der Waals surface area contributed by atoms with Crippen LogP contribution >= 0.6 is 0 Å². The van der Waals surface area contributed by atoms with Crippen molar-refractivity contribution >= 4 is 23.1 Å². The third kappa shape index (κ3) is 3.64. The smallest absolute Gasteiger partial charge is 0.419 e. The number of ether oxygens (including phenoxy) is 2. The summed E-state index contributed by atoms with van der Waals surface area (Å²) in [5, 5.41) is 1.07. The molecule has 0 atom stereocenters. The second-order valence-corrected chi connectivity index (χ2v) is 8.09. The first-order valence-electron chi connectivity index (χ1n) is 9.43. The van der Waals surface area contributed by atoms with Gasteiger partial charge in [0.1, 0.15) is 11.4 Å². The number of hydrogen-bond donors (Lipinski definition) is 0. The van der Waals surface area contributed by atoms with Crippen LogP contribution in [0.2, 0.25) is 0 Å². The number of carbonyl (C=O) groups excluding carboxylic acids is 1. The Morgan fingerprint density at radius 2 is 1.92 bits per heavy atom. The van der Waals surface area contributed by atoms with E-state index in [2.05, 4.69) is 6.58 Å². The van der Waals surface area contributed by atoms with Gasteiger partial charge >= 0.3 is 6.09 Å². The maximum atomic E-state index is 12.8. The summed E-state index contributed by atoms with van der Waals surface area (Å²) >= 11 is 0. The van der Waals surface area contributed by atoms with Crippen molar-refractivity contribution in [1.82, 2.24) is 4.57 Å². The largest absolute Gasteiger partial charge is 0.496 e. The molecule has 1 aliphatic carbocycles. The third-order valence-corrected chi connectivity index (χ3v) is 5.04. The van der Waals surface area contributed by atoms with E-state index < -0.39 is 5.60 Å². The highest BCUT2D eigenvalue weighted by Gasteiger charge is 2.25. The lowest BCUT2D eigenvalue weighted by molar-refractivity contribution is 0.0544. The van der Waals surface area contributed by atoms with E-state index in [0.717, 1.165) is 22.2 Å². The van der Waals surface area contributed by atoms with Gasteiger partial charge in [-0.3, -0.25) is 4.57 Å². The fourth-order valence-corrected chi connectivity index (χ4v) is 3.83. The van der Waals surface area contributed by atoms with Crippen LogP contribution in [-0.2, 0) is 4.74 Å². The minimum Gasteiger partial charge on any atom is -0.496 e. The summed E-state index contributed by atoms with van der Waals surface area (Å²) in [6.07, 6.45) is 9.50.